The minimum atomic E-state index is -0.356. The maximum Gasteiger partial charge on any atom is 0.319 e. The molecule has 0 heterocycles. The molecule has 0 aliphatic heterocycles. The summed E-state index contributed by atoms with van der Waals surface area (Å²) in [4.78, 5) is 23.5. The molecule has 0 atom stereocenters. The van der Waals surface area contributed by atoms with Gasteiger partial charge in [-0.05, 0) is 30.3 Å². The van der Waals surface area contributed by atoms with Gasteiger partial charge in [0.15, 0.2) is 0 Å². The SMILES string of the molecule is O=C(CCNC(=O)Nc1ccccc1)Nc1ccc(Br)cc1Cl. The zero-order valence-electron chi connectivity index (χ0n) is 12.1. The zero-order chi connectivity index (χ0) is 16.7. The third-order valence-electron chi connectivity index (χ3n) is 2.87. The molecule has 2 rings (SSSR count). The van der Waals surface area contributed by atoms with Crippen LogP contribution >= 0.6 is 27.5 Å². The van der Waals surface area contributed by atoms with E-state index in [1.807, 2.05) is 18.2 Å². The van der Waals surface area contributed by atoms with E-state index in [9.17, 15) is 9.59 Å². The minimum absolute atomic E-state index is 0.147. The van der Waals surface area contributed by atoms with Gasteiger partial charge in [-0.3, -0.25) is 4.79 Å². The number of hydrogen-bond donors (Lipinski definition) is 3. The van der Waals surface area contributed by atoms with E-state index < -0.39 is 0 Å². The molecule has 0 radical (unpaired) electrons. The number of benzene rings is 2. The first-order valence-electron chi connectivity index (χ1n) is 6.89. The second-order valence-corrected chi connectivity index (χ2v) is 5.99. The Morgan fingerprint density at radius 2 is 1.78 bits per heavy atom. The normalized spacial score (nSPS) is 10.0. The van der Waals surface area contributed by atoms with Crippen molar-refractivity contribution in [2.24, 2.45) is 0 Å². The molecule has 3 amide bonds. The molecule has 2 aromatic rings. The number of hydrogen-bond acceptors (Lipinski definition) is 2. The molecule has 0 unspecified atom stereocenters. The van der Waals surface area contributed by atoms with Gasteiger partial charge in [-0.2, -0.15) is 0 Å². The maximum absolute atomic E-state index is 11.8. The first kappa shape index (κ1) is 17.3. The Labute approximate surface area is 147 Å². The van der Waals surface area contributed by atoms with Gasteiger partial charge < -0.3 is 16.0 Å². The maximum atomic E-state index is 11.8. The van der Waals surface area contributed by atoms with Crippen molar-refractivity contribution < 1.29 is 9.59 Å². The van der Waals surface area contributed by atoms with Crippen LogP contribution in [0.2, 0.25) is 5.02 Å². The summed E-state index contributed by atoms with van der Waals surface area (Å²) in [7, 11) is 0. The molecular formula is C16H15BrClN3O2. The fourth-order valence-corrected chi connectivity index (χ4v) is 2.51. The molecule has 0 aliphatic rings. The molecule has 0 saturated carbocycles. The molecule has 3 N–H and O–H groups in total. The number of amides is 3. The Morgan fingerprint density at radius 1 is 1.04 bits per heavy atom. The van der Waals surface area contributed by atoms with Crippen molar-refractivity contribution in [2.45, 2.75) is 6.42 Å². The van der Waals surface area contributed by atoms with Gasteiger partial charge in [0.1, 0.15) is 0 Å². The summed E-state index contributed by atoms with van der Waals surface area (Å²) >= 11 is 9.32. The van der Waals surface area contributed by atoms with Crippen LogP contribution in [0.1, 0.15) is 6.42 Å². The summed E-state index contributed by atoms with van der Waals surface area (Å²) in [5.74, 6) is -0.228. The van der Waals surface area contributed by atoms with Crippen molar-refractivity contribution in [2.75, 3.05) is 17.2 Å². The van der Waals surface area contributed by atoms with Crippen LogP contribution in [0.3, 0.4) is 0 Å². The summed E-state index contributed by atoms with van der Waals surface area (Å²) in [6, 6.07) is 13.9. The number of halogens is 2. The first-order chi connectivity index (χ1) is 11.0. The van der Waals surface area contributed by atoms with Gasteiger partial charge in [-0.1, -0.05) is 45.7 Å². The molecule has 2 aromatic carbocycles. The molecule has 0 spiro atoms. The molecule has 7 heteroatoms. The van der Waals surface area contributed by atoms with Gasteiger partial charge in [0.25, 0.3) is 0 Å². The lowest BCUT2D eigenvalue weighted by Gasteiger charge is -2.09. The monoisotopic (exact) mass is 395 g/mol. The van der Waals surface area contributed by atoms with Crippen LogP contribution < -0.4 is 16.0 Å². The number of rotatable bonds is 5. The van der Waals surface area contributed by atoms with Crippen molar-refractivity contribution in [3.8, 4) is 0 Å². The van der Waals surface area contributed by atoms with Crippen molar-refractivity contribution in [3.63, 3.8) is 0 Å². The van der Waals surface area contributed by atoms with E-state index >= 15 is 0 Å². The zero-order valence-corrected chi connectivity index (χ0v) is 14.4. The molecular weight excluding hydrogens is 382 g/mol. The van der Waals surface area contributed by atoms with Crippen molar-refractivity contribution in [3.05, 3.63) is 58.0 Å². The highest BCUT2D eigenvalue weighted by Crippen LogP contribution is 2.25. The first-order valence-corrected chi connectivity index (χ1v) is 8.06. The molecule has 23 heavy (non-hydrogen) atoms. The smallest absolute Gasteiger partial charge is 0.319 e. The number of nitrogens with one attached hydrogen (secondary N) is 3. The van der Waals surface area contributed by atoms with Gasteiger partial charge in [-0.25, -0.2) is 4.79 Å². The molecule has 5 nitrogen and oxygen atoms in total. The molecule has 0 aromatic heterocycles. The largest absolute Gasteiger partial charge is 0.337 e. The van der Waals surface area contributed by atoms with Gasteiger partial charge >= 0.3 is 6.03 Å². The quantitative estimate of drug-likeness (QED) is 0.707. The van der Waals surface area contributed by atoms with E-state index in [0.717, 1.165) is 4.47 Å². The number of urea groups is 1. The highest BCUT2D eigenvalue weighted by atomic mass is 79.9. The Kier molecular flexibility index (Phi) is 6.43. The molecule has 120 valence electrons. The molecule has 0 fully saturated rings. The van der Waals surface area contributed by atoms with E-state index in [1.54, 1.807) is 30.3 Å². The van der Waals surface area contributed by atoms with Crippen LogP contribution in [0.25, 0.3) is 0 Å². The minimum Gasteiger partial charge on any atom is -0.337 e. The Hall–Kier alpha value is -2.05. The lowest BCUT2D eigenvalue weighted by molar-refractivity contribution is -0.116. The fourth-order valence-electron chi connectivity index (χ4n) is 1.79. The average molecular weight is 397 g/mol. The Bertz CT molecular complexity index is 695. The van der Waals surface area contributed by atoms with E-state index in [1.165, 1.54) is 0 Å². The number of para-hydroxylation sites is 1. The van der Waals surface area contributed by atoms with Crippen molar-refractivity contribution in [1.82, 2.24) is 5.32 Å². The Balaban J connectivity index is 1.73. The Morgan fingerprint density at radius 3 is 2.48 bits per heavy atom. The van der Waals surface area contributed by atoms with E-state index in [0.29, 0.717) is 16.4 Å². The van der Waals surface area contributed by atoms with Crippen molar-refractivity contribution >= 4 is 50.8 Å². The van der Waals surface area contributed by atoms with Gasteiger partial charge in [0.2, 0.25) is 5.91 Å². The highest BCUT2D eigenvalue weighted by Gasteiger charge is 2.07. The van der Waals surface area contributed by atoms with Gasteiger partial charge in [0, 0.05) is 23.1 Å². The van der Waals surface area contributed by atoms with E-state index in [2.05, 4.69) is 31.9 Å². The predicted molar refractivity (Wildman–Crippen MR) is 95.9 cm³/mol. The van der Waals surface area contributed by atoms with Crippen LogP contribution in [0.4, 0.5) is 16.2 Å². The van der Waals surface area contributed by atoms with Gasteiger partial charge in [0.05, 0.1) is 10.7 Å². The van der Waals surface area contributed by atoms with Crippen LogP contribution in [0, 0.1) is 0 Å². The van der Waals surface area contributed by atoms with Crippen LogP contribution in [-0.2, 0) is 4.79 Å². The summed E-state index contributed by atoms with van der Waals surface area (Å²) < 4.78 is 0.833. The molecule has 0 bridgehead atoms. The lowest BCUT2D eigenvalue weighted by Crippen LogP contribution is -2.31. The summed E-state index contributed by atoms with van der Waals surface area (Å²) in [6.45, 7) is 0.221. The third kappa shape index (κ3) is 5.92. The average Bonchev–Trinajstić information content (AvgIpc) is 2.51. The third-order valence-corrected chi connectivity index (χ3v) is 3.68. The number of anilines is 2. The summed E-state index contributed by atoms with van der Waals surface area (Å²) in [6.07, 6.45) is 0.147. The second-order valence-electron chi connectivity index (χ2n) is 4.67. The standard InChI is InChI=1S/C16H15BrClN3O2/c17-11-6-7-14(13(18)10-11)21-15(22)8-9-19-16(23)20-12-4-2-1-3-5-12/h1-7,10H,8-9H2,(H,21,22)(H2,19,20,23). The van der Waals surface area contributed by atoms with Crippen LogP contribution in [-0.4, -0.2) is 18.5 Å². The molecule has 0 aliphatic carbocycles. The highest BCUT2D eigenvalue weighted by molar-refractivity contribution is 9.10. The van der Waals surface area contributed by atoms with E-state index in [4.69, 9.17) is 11.6 Å². The predicted octanol–water partition coefficient (Wildman–Crippen LogP) is 4.25. The lowest BCUT2D eigenvalue weighted by atomic mass is 10.3. The second kappa shape index (κ2) is 8.55. The fraction of sp³-hybridized carbons (Fsp3) is 0.125. The van der Waals surface area contributed by atoms with E-state index in [-0.39, 0.29) is 24.9 Å². The topological polar surface area (TPSA) is 70.2 Å². The van der Waals surface area contributed by atoms with Gasteiger partial charge in [-0.15, -0.1) is 0 Å². The number of carbonyl (C=O) groups is 2. The van der Waals surface area contributed by atoms with Crippen LogP contribution in [0.5, 0.6) is 0 Å². The summed E-state index contributed by atoms with van der Waals surface area (Å²) in [5, 5.41) is 8.44. The molecule has 0 saturated heterocycles. The van der Waals surface area contributed by atoms with Crippen LogP contribution in [0.15, 0.2) is 53.0 Å². The number of carbonyl (C=O) groups excluding carboxylic acids is 2. The summed E-state index contributed by atoms with van der Waals surface area (Å²) in [5.41, 5.74) is 1.23. The van der Waals surface area contributed by atoms with Crippen molar-refractivity contribution in [1.29, 1.82) is 0 Å².